The number of halogens is 3. The predicted octanol–water partition coefficient (Wildman–Crippen LogP) is 1.89. The van der Waals surface area contributed by atoms with Crippen LogP contribution in [0.15, 0.2) is 12.1 Å². The number of piperidine rings is 1. The number of alkyl halides is 3. The number of hydrogen-bond acceptors (Lipinski definition) is 4. The Morgan fingerprint density at radius 1 is 1.32 bits per heavy atom. The zero-order chi connectivity index (χ0) is 14.0. The van der Waals surface area contributed by atoms with Gasteiger partial charge >= 0.3 is 6.18 Å². The topological polar surface area (TPSA) is 62.4 Å². The van der Waals surface area contributed by atoms with Gasteiger partial charge in [-0.1, -0.05) is 0 Å². The van der Waals surface area contributed by atoms with Crippen molar-refractivity contribution in [3.63, 3.8) is 0 Å². The minimum Gasteiger partial charge on any atom is -0.396 e. The van der Waals surface area contributed by atoms with Gasteiger partial charge in [0.25, 0.3) is 0 Å². The van der Waals surface area contributed by atoms with E-state index in [0.29, 0.717) is 13.1 Å². The van der Waals surface area contributed by atoms with Crippen molar-refractivity contribution in [1.82, 2.24) is 4.98 Å². The SMILES string of the molecule is Nc1cc(C(F)(F)F)cc(N2CCC(CO)CC2)n1. The fraction of sp³-hybridized carbons (Fsp3) is 0.583. The van der Waals surface area contributed by atoms with Crippen molar-refractivity contribution in [3.05, 3.63) is 17.7 Å². The van der Waals surface area contributed by atoms with E-state index in [1.807, 2.05) is 0 Å². The van der Waals surface area contributed by atoms with Crippen LogP contribution in [0.25, 0.3) is 0 Å². The Morgan fingerprint density at radius 3 is 2.47 bits per heavy atom. The number of aromatic nitrogens is 1. The van der Waals surface area contributed by atoms with E-state index >= 15 is 0 Å². The summed E-state index contributed by atoms with van der Waals surface area (Å²) in [7, 11) is 0. The van der Waals surface area contributed by atoms with Gasteiger partial charge < -0.3 is 15.7 Å². The maximum atomic E-state index is 12.7. The Hall–Kier alpha value is -1.50. The van der Waals surface area contributed by atoms with E-state index in [1.165, 1.54) is 0 Å². The van der Waals surface area contributed by atoms with Gasteiger partial charge in [-0.15, -0.1) is 0 Å². The van der Waals surface area contributed by atoms with Crippen LogP contribution in [-0.2, 0) is 6.18 Å². The molecule has 19 heavy (non-hydrogen) atoms. The summed E-state index contributed by atoms with van der Waals surface area (Å²) in [4.78, 5) is 5.74. The first-order valence-corrected chi connectivity index (χ1v) is 6.10. The largest absolute Gasteiger partial charge is 0.416 e. The van der Waals surface area contributed by atoms with Crippen molar-refractivity contribution in [2.24, 2.45) is 5.92 Å². The summed E-state index contributed by atoms with van der Waals surface area (Å²) in [5.41, 5.74) is 4.66. The van der Waals surface area contributed by atoms with Crippen molar-refractivity contribution in [2.45, 2.75) is 19.0 Å². The van der Waals surface area contributed by atoms with E-state index in [1.54, 1.807) is 4.90 Å². The van der Waals surface area contributed by atoms with Crippen LogP contribution in [-0.4, -0.2) is 29.8 Å². The van der Waals surface area contributed by atoms with E-state index in [4.69, 9.17) is 10.8 Å². The van der Waals surface area contributed by atoms with E-state index in [9.17, 15) is 13.2 Å². The zero-order valence-corrected chi connectivity index (χ0v) is 10.3. The second-order valence-electron chi connectivity index (χ2n) is 4.75. The van der Waals surface area contributed by atoms with Crippen LogP contribution < -0.4 is 10.6 Å². The monoisotopic (exact) mass is 275 g/mol. The standard InChI is InChI=1S/C12H16F3N3O/c13-12(14,15)9-5-10(16)17-11(6-9)18-3-1-8(7-19)2-4-18/h5-6,8,19H,1-4,7H2,(H2,16,17). The lowest BCUT2D eigenvalue weighted by atomic mass is 9.98. The van der Waals surface area contributed by atoms with Gasteiger partial charge in [0.1, 0.15) is 11.6 Å². The van der Waals surface area contributed by atoms with Gasteiger partial charge in [-0.05, 0) is 30.9 Å². The first kappa shape index (κ1) is 13.9. The lowest BCUT2D eigenvalue weighted by Gasteiger charge is -2.32. The third-order valence-corrected chi connectivity index (χ3v) is 3.36. The molecule has 4 nitrogen and oxygen atoms in total. The maximum absolute atomic E-state index is 12.7. The third kappa shape index (κ3) is 3.28. The van der Waals surface area contributed by atoms with E-state index in [-0.39, 0.29) is 24.2 Å². The van der Waals surface area contributed by atoms with Crippen molar-refractivity contribution in [1.29, 1.82) is 0 Å². The Balaban J connectivity index is 2.19. The average Bonchev–Trinajstić information content (AvgIpc) is 2.37. The number of nitrogen functional groups attached to an aromatic ring is 1. The normalized spacial score (nSPS) is 17.8. The van der Waals surface area contributed by atoms with Crippen LogP contribution >= 0.6 is 0 Å². The predicted molar refractivity (Wildman–Crippen MR) is 65.7 cm³/mol. The smallest absolute Gasteiger partial charge is 0.396 e. The molecule has 0 spiro atoms. The van der Waals surface area contributed by atoms with E-state index in [0.717, 1.165) is 25.0 Å². The van der Waals surface area contributed by atoms with Crippen LogP contribution in [0.1, 0.15) is 18.4 Å². The molecule has 1 aliphatic heterocycles. The molecule has 2 rings (SSSR count). The second-order valence-corrected chi connectivity index (χ2v) is 4.75. The molecule has 1 aliphatic rings. The molecule has 0 bridgehead atoms. The fourth-order valence-electron chi connectivity index (χ4n) is 2.21. The second kappa shape index (κ2) is 5.24. The summed E-state index contributed by atoms with van der Waals surface area (Å²) in [6, 6.07) is 1.86. The third-order valence-electron chi connectivity index (χ3n) is 3.36. The number of pyridine rings is 1. The minimum atomic E-state index is -4.42. The van der Waals surface area contributed by atoms with E-state index in [2.05, 4.69) is 4.98 Å². The quantitative estimate of drug-likeness (QED) is 0.865. The number of rotatable bonds is 2. The van der Waals surface area contributed by atoms with Gasteiger partial charge in [0.15, 0.2) is 0 Å². The summed E-state index contributed by atoms with van der Waals surface area (Å²) in [5.74, 6) is 0.345. The number of nitrogens with two attached hydrogens (primary N) is 1. The molecule has 1 aromatic heterocycles. The molecule has 7 heteroatoms. The number of aliphatic hydroxyl groups excluding tert-OH is 1. The summed E-state index contributed by atoms with van der Waals surface area (Å²) in [5, 5.41) is 9.04. The van der Waals surface area contributed by atoms with Crippen LogP contribution in [0.3, 0.4) is 0 Å². The molecule has 0 atom stereocenters. The summed E-state index contributed by atoms with van der Waals surface area (Å²) >= 11 is 0. The van der Waals surface area contributed by atoms with Crippen molar-refractivity contribution in [2.75, 3.05) is 30.3 Å². The highest BCUT2D eigenvalue weighted by atomic mass is 19.4. The van der Waals surface area contributed by atoms with Crippen molar-refractivity contribution in [3.8, 4) is 0 Å². The lowest BCUT2D eigenvalue weighted by Crippen LogP contribution is -2.35. The Kier molecular flexibility index (Phi) is 3.84. The lowest BCUT2D eigenvalue weighted by molar-refractivity contribution is -0.137. The molecular formula is C12H16F3N3O. The molecule has 0 unspecified atom stereocenters. The Morgan fingerprint density at radius 2 is 1.95 bits per heavy atom. The molecular weight excluding hydrogens is 259 g/mol. The number of anilines is 2. The summed E-state index contributed by atoms with van der Waals surface area (Å²) in [6.45, 7) is 1.28. The molecule has 0 radical (unpaired) electrons. The molecule has 1 aromatic rings. The molecule has 3 N–H and O–H groups in total. The van der Waals surface area contributed by atoms with E-state index < -0.39 is 11.7 Å². The molecule has 2 heterocycles. The molecule has 1 saturated heterocycles. The number of hydrogen-bond donors (Lipinski definition) is 2. The first-order valence-electron chi connectivity index (χ1n) is 6.10. The maximum Gasteiger partial charge on any atom is 0.416 e. The fourth-order valence-corrected chi connectivity index (χ4v) is 2.21. The summed E-state index contributed by atoms with van der Waals surface area (Å²) < 4.78 is 38.1. The highest BCUT2D eigenvalue weighted by Crippen LogP contribution is 2.33. The van der Waals surface area contributed by atoms with Gasteiger partial charge in [-0.2, -0.15) is 13.2 Å². The van der Waals surface area contributed by atoms with Gasteiger partial charge in [0.05, 0.1) is 5.56 Å². The zero-order valence-electron chi connectivity index (χ0n) is 10.3. The highest BCUT2D eigenvalue weighted by molar-refractivity contribution is 5.49. The van der Waals surface area contributed by atoms with Gasteiger partial charge in [0, 0.05) is 19.7 Å². The number of nitrogens with zero attached hydrogens (tertiary/aromatic N) is 2. The first-order chi connectivity index (χ1) is 8.90. The molecule has 0 amide bonds. The Labute approximate surface area is 109 Å². The molecule has 0 aliphatic carbocycles. The molecule has 0 saturated carbocycles. The van der Waals surface area contributed by atoms with Crippen molar-refractivity contribution >= 4 is 11.6 Å². The highest BCUT2D eigenvalue weighted by Gasteiger charge is 2.32. The van der Waals surface area contributed by atoms with Crippen LogP contribution in [0.2, 0.25) is 0 Å². The molecule has 106 valence electrons. The van der Waals surface area contributed by atoms with Crippen LogP contribution in [0, 0.1) is 5.92 Å². The molecule has 0 aromatic carbocycles. The van der Waals surface area contributed by atoms with Crippen LogP contribution in [0.4, 0.5) is 24.8 Å². The average molecular weight is 275 g/mol. The minimum absolute atomic E-state index is 0.117. The van der Waals surface area contributed by atoms with Gasteiger partial charge in [-0.25, -0.2) is 4.98 Å². The van der Waals surface area contributed by atoms with Gasteiger partial charge in [-0.3, -0.25) is 0 Å². The van der Waals surface area contributed by atoms with Crippen LogP contribution in [0.5, 0.6) is 0 Å². The van der Waals surface area contributed by atoms with Gasteiger partial charge in [0.2, 0.25) is 0 Å². The Bertz CT molecular complexity index is 442. The molecule has 1 fully saturated rings. The number of aliphatic hydroxyl groups is 1. The summed E-state index contributed by atoms with van der Waals surface area (Å²) in [6.07, 6.45) is -2.93. The van der Waals surface area contributed by atoms with Crippen molar-refractivity contribution < 1.29 is 18.3 Å².